The van der Waals surface area contributed by atoms with Crippen LogP contribution in [0.25, 0.3) is 0 Å². The summed E-state index contributed by atoms with van der Waals surface area (Å²) in [5, 5.41) is 3.11. The number of rotatable bonds is 3. The number of nitrogens with one attached hydrogen (secondary N) is 1. The zero-order chi connectivity index (χ0) is 8.85. The topological polar surface area (TPSA) is 12.0 Å². The van der Waals surface area contributed by atoms with Crippen LogP contribution in [-0.2, 0) is 0 Å². The van der Waals surface area contributed by atoms with E-state index in [1.165, 1.54) is 5.57 Å². The summed E-state index contributed by atoms with van der Waals surface area (Å²) in [5.41, 5.74) is 3.51. The van der Waals surface area contributed by atoms with Crippen molar-refractivity contribution in [3.05, 3.63) is 35.6 Å². The molecule has 0 radical (unpaired) electrons. The molecular formula is C10H17N. The predicted octanol–water partition coefficient (Wildman–Crippen LogP) is 2.63. The van der Waals surface area contributed by atoms with E-state index in [0.717, 1.165) is 11.3 Å². The van der Waals surface area contributed by atoms with Crippen LogP contribution in [0.4, 0.5) is 0 Å². The van der Waals surface area contributed by atoms with Crippen LogP contribution in [-0.4, -0.2) is 7.05 Å². The summed E-state index contributed by atoms with van der Waals surface area (Å²) in [7, 11) is 1.92. The molecule has 0 fully saturated rings. The fourth-order valence-electron chi connectivity index (χ4n) is 0.726. The first-order valence-corrected chi connectivity index (χ1v) is 3.76. The fraction of sp³-hybridized carbons (Fsp3) is 0.400. The zero-order valence-electron chi connectivity index (χ0n) is 7.86. The molecule has 0 saturated carbocycles. The third kappa shape index (κ3) is 4.43. The molecule has 0 spiro atoms. The minimum absolute atomic E-state index is 1.07. The van der Waals surface area contributed by atoms with E-state index >= 15 is 0 Å². The van der Waals surface area contributed by atoms with Crippen molar-refractivity contribution < 1.29 is 0 Å². The first kappa shape index (κ1) is 10.0. The molecule has 0 aliphatic heterocycles. The van der Waals surface area contributed by atoms with Crippen molar-refractivity contribution in [2.75, 3.05) is 7.05 Å². The Balaban J connectivity index is 4.33. The Morgan fingerprint density at radius 1 is 1.18 bits per heavy atom. The smallest absolute Gasteiger partial charge is 0.0323 e. The number of allylic oxidation sites excluding steroid dienone is 4. The van der Waals surface area contributed by atoms with Crippen LogP contribution >= 0.6 is 0 Å². The summed E-state index contributed by atoms with van der Waals surface area (Å²) in [5.74, 6) is 0. The van der Waals surface area contributed by atoms with E-state index < -0.39 is 0 Å². The van der Waals surface area contributed by atoms with E-state index in [1.807, 2.05) is 26.1 Å². The van der Waals surface area contributed by atoms with Crippen LogP contribution in [0.5, 0.6) is 0 Å². The van der Waals surface area contributed by atoms with Crippen molar-refractivity contribution in [3.63, 3.8) is 0 Å². The predicted molar refractivity (Wildman–Crippen MR) is 51.4 cm³/mol. The fourth-order valence-corrected chi connectivity index (χ4v) is 0.726. The van der Waals surface area contributed by atoms with E-state index in [9.17, 15) is 0 Å². The van der Waals surface area contributed by atoms with Crippen molar-refractivity contribution >= 4 is 0 Å². The molecule has 1 N–H and O–H groups in total. The molecule has 0 unspecified atom stereocenters. The number of hydrogen-bond donors (Lipinski definition) is 1. The molecule has 62 valence electrons. The molecule has 11 heavy (non-hydrogen) atoms. The Hall–Kier alpha value is -0.980. The van der Waals surface area contributed by atoms with Crippen LogP contribution in [0.2, 0.25) is 0 Å². The molecule has 0 amide bonds. The Morgan fingerprint density at radius 3 is 2.00 bits per heavy atom. The molecule has 1 nitrogen and oxygen atoms in total. The van der Waals surface area contributed by atoms with Crippen LogP contribution in [0, 0.1) is 0 Å². The molecule has 0 rings (SSSR count). The summed E-state index contributed by atoms with van der Waals surface area (Å²) >= 11 is 0. The van der Waals surface area contributed by atoms with Gasteiger partial charge in [0.2, 0.25) is 0 Å². The third-order valence-electron chi connectivity index (χ3n) is 1.34. The van der Waals surface area contributed by atoms with Crippen molar-refractivity contribution in [1.29, 1.82) is 0 Å². The SMILES string of the molecule is C=C(C)/C=C\C(NC)=C(C)C. The minimum Gasteiger partial charge on any atom is -0.388 e. The second-order valence-corrected chi connectivity index (χ2v) is 2.84. The van der Waals surface area contributed by atoms with Crippen LogP contribution in [0.3, 0.4) is 0 Å². The largest absolute Gasteiger partial charge is 0.388 e. The molecule has 1 heteroatoms. The Bertz CT molecular complexity index is 193. The van der Waals surface area contributed by atoms with Gasteiger partial charge in [-0.15, -0.1) is 0 Å². The quantitative estimate of drug-likeness (QED) is 0.611. The minimum atomic E-state index is 1.07. The lowest BCUT2D eigenvalue weighted by Crippen LogP contribution is -2.04. The Kier molecular flexibility index (Phi) is 4.35. The summed E-state index contributed by atoms with van der Waals surface area (Å²) in [6, 6.07) is 0. The highest BCUT2D eigenvalue weighted by Crippen LogP contribution is 2.01. The van der Waals surface area contributed by atoms with Gasteiger partial charge in [-0.3, -0.25) is 0 Å². The highest BCUT2D eigenvalue weighted by atomic mass is 14.8. The van der Waals surface area contributed by atoms with Crippen molar-refractivity contribution in [3.8, 4) is 0 Å². The first-order chi connectivity index (χ1) is 5.07. The molecule has 0 aliphatic rings. The lowest BCUT2D eigenvalue weighted by Gasteiger charge is -2.02. The highest BCUT2D eigenvalue weighted by Gasteiger charge is 1.88. The Labute approximate surface area is 69.5 Å². The second kappa shape index (κ2) is 4.78. The van der Waals surface area contributed by atoms with Gasteiger partial charge in [-0.2, -0.15) is 0 Å². The lowest BCUT2D eigenvalue weighted by atomic mass is 10.2. The lowest BCUT2D eigenvalue weighted by molar-refractivity contribution is 0.998. The van der Waals surface area contributed by atoms with E-state index in [0.29, 0.717) is 0 Å². The van der Waals surface area contributed by atoms with Gasteiger partial charge in [-0.1, -0.05) is 23.8 Å². The molecular weight excluding hydrogens is 134 g/mol. The maximum absolute atomic E-state index is 3.78. The Morgan fingerprint density at radius 2 is 1.73 bits per heavy atom. The molecule has 0 saturated heterocycles. The maximum atomic E-state index is 3.78. The standard InChI is InChI=1S/C10H17N/c1-8(2)6-7-10(11-5)9(3)4/h6-7,11H,1H2,2-5H3/b7-6-. The summed E-state index contributed by atoms with van der Waals surface area (Å²) in [6.07, 6.45) is 4.04. The van der Waals surface area contributed by atoms with E-state index in [-0.39, 0.29) is 0 Å². The van der Waals surface area contributed by atoms with E-state index in [2.05, 4.69) is 25.7 Å². The maximum Gasteiger partial charge on any atom is 0.0323 e. The molecule has 0 atom stereocenters. The van der Waals surface area contributed by atoms with Gasteiger partial charge < -0.3 is 5.32 Å². The van der Waals surface area contributed by atoms with Gasteiger partial charge in [-0.05, 0) is 26.8 Å². The molecule has 0 heterocycles. The van der Waals surface area contributed by atoms with Crippen molar-refractivity contribution in [1.82, 2.24) is 5.32 Å². The van der Waals surface area contributed by atoms with Crippen molar-refractivity contribution in [2.24, 2.45) is 0 Å². The molecule has 0 bridgehead atoms. The average Bonchev–Trinajstić information content (AvgIpc) is 1.87. The highest BCUT2D eigenvalue weighted by molar-refractivity contribution is 5.26. The zero-order valence-corrected chi connectivity index (χ0v) is 7.86. The average molecular weight is 151 g/mol. The van der Waals surface area contributed by atoms with Gasteiger partial charge in [0, 0.05) is 12.7 Å². The molecule has 0 aromatic rings. The van der Waals surface area contributed by atoms with Gasteiger partial charge in [0.15, 0.2) is 0 Å². The van der Waals surface area contributed by atoms with E-state index in [4.69, 9.17) is 0 Å². The molecule has 0 aromatic heterocycles. The summed E-state index contributed by atoms with van der Waals surface area (Å²) in [4.78, 5) is 0. The summed E-state index contributed by atoms with van der Waals surface area (Å²) in [6.45, 7) is 9.92. The molecule has 0 aromatic carbocycles. The van der Waals surface area contributed by atoms with Gasteiger partial charge in [0.25, 0.3) is 0 Å². The third-order valence-corrected chi connectivity index (χ3v) is 1.34. The van der Waals surface area contributed by atoms with E-state index in [1.54, 1.807) is 0 Å². The van der Waals surface area contributed by atoms with Gasteiger partial charge >= 0.3 is 0 Å². The summed E-state index contributed by atoms with van der Waals surface area (Å²) < 4.78 is 0. The van der Waals surface area contributed by atoms with Gasteiger partial charge in [0.1, 0.15) is 0 Å². The van der Waals surface area contributed by atoms with Gasteiger partial charge in [0.05, 0.1) is 0 Å². The van der Waals surface area contributed by atoms with Crippen LogP contribution in [0.1, 0.15) is 20.8 Å². The molecule has 0 aliphatic carbocycles. The van der Waals surface area contributed by atoms with Crippen molar-refractivity contribution in [2.45, 2.75) is 20.8 Å². The van der Waals surface area contributed by atoms with Gasteiger partial charge in [-0.25, -0.2) is 0 Å². The van der Waals surface area contributed by atoms with Crippen LogP contribution in [0.15, 0.2) is 35.6 Å². The van der Waals surface area contributed by atoms with Crippen LogP contribution < -0.4 is 5.32 Å². The normalized spacial score (nSPS) is 9.82. The second-order valence-electron chi connectivity index (χ2n) is 2.84. The number of hydrogen-bond acceptors (Lipinski definition) is 1. The first-order valence-electron chi connectivity index (χ1n) is 3.76. The monoisotopic (exact) mass is 151 g/mol. The number of likely N-dealkylation sites (N-methyl/N-ethyl adjacent to an activating group) is 1.